The summed E-state index contributed by atoms with van der Waals surface area (Å²) in [5.74, 6) is -1.80. The minimum absolute atomic E-state index is 0.0234. The third-order valence-electron chi connectivity index (χ3n) is 3.91. The van der Waals surface area contributed by atoms with Crippen molar-refractivity contribution >= 4 is 34.8 Å². The zero-order valence-electron chi connectivity index (χ0n) is 15.6. The number of carboxylic acid groups (broad SMARTS) is 1. The van der Waals surface area contributed by atoms with Crippen LogP contribution < -0.4 is 10.6 Å². The standard InChI is InChI=1S/C20H24N2O4S/c1-20(2,3)10-9-15(19(25)26)22-17(23)13-6-4-7-14(12-13)21-18(24)16-8-5-11-27-16/h4-8,11-12,15H,9-10H2,1-3H3,(H,21,24)(H,22,23)(H,25,26). The summed E-state index contributed by atoms with van der Waals surface area (Å²) in [6.45, 7) is 6.06. The topological polar surface area (TPSA) is 95.5 Å². The van der Waals surface area contributed by atoms with Gasteiger partial charge in [0.15, 0.2) is 0 Å². The zero-order valence-corrected chi connectivity index (χ0v) is 16.4. The first-order valence-corrected chi connectivity index (χ1v) is 9.52. The predicted octanol–water partition coefficient (Wildman–Crippen LogP) is 4.01. The second-order valence-corrected chi connectivity index (χ2v) is 8.42. The van der Waals surface area contributed by atoms with Crippen molar-refractivity contribution in [1.29, 1.82) is 0 Å². The van der Waals surface area contributed by atoms with Crippen molar-refractivity contribution in [3.63, 3.8) is 0 Å². The van der Waals surface area contributed by atoms with Crippen LogP contribution in [0.15, 0.2) is 41.8 Å². The Bertz CT molecular complexity index is 810. The summed E-state index contributed by atoms with van der Waals surface area (Å²) in [6.07, 6.45) is 1.01. The summed E-state index contributed by atoms with van der Waals surface area (Å²) in [4.78, 5) is 36.6. The van der Waals surface area contributed by atoms with Crippen LogP contribution in [0.3, 0.4) is 0 Å². The van der Waals surface area contributed by atoms with E-state index in [0.29, 0.717) is 29.0 Å². The van der Waals surface area contributed by atoms with Gasteiger partial charge in [0, 0.05) is 11.3 Å². The number of carbonyl (C=O) groups is 3. The largest absolute Gasteiger partial charge is 0.480 e. The molecule has 1 heterocycles. The maximum atomic E-state index is 12.5. The number of thiophene rings is 1. The number of aliphatic carboxylic acids is 1. The average molecular weight is 388 g/mol. The van der Waals surface area contributed by atoms with Crippen molar-refractivity contribution in [3.8, 4) is 0 Å². The van der Waals surface area contributed by atoms with Crippen molar-refractivity contribution in [1.82, 2.24) is 5.32 Å². The molecule has 0 aliphatic rings. The third kappa shape index (κ3) is 6.53. The molecule has 2 amide bonds. The highest BCUT2D eigenvalue weighted by Crippen LogP contribution is 2.22. The highest BCUT2D eigenvalue weighted by molar-refractivity contribution is 7.12. The molecule has 7 heteroatoms. The first kappa shape index (κ1) is 20.6. The van der Waals surface area contributed by atoms with Crippen molar-refractivity contribution in [3.05, 3.63) is 52.2 Å². The maximum absolute atomic E-state index is 12.5. The van der Waals surface area contributed by atoms with Gasteiger partial charge in [-0.2, -0.15) is 0 Å². The van der Waals surface area contributed by atoms with Gasteiger partial charge >= 0.3 is 5.97 Å². The van der Waals surface area contributed by atoms with Crippen LogP contribution in [0.5, 0.6) is 0 Å². The monoisotopic (exact) mass is 388 g/mol. The van der Waals surface area contributed by atoms with Crippen molar-refractivity contribution in [2.24, 2.45) is 5.41 Å². The SMILES string of the molecule is CC(C)(C)CCC(NC(=O)c1cccc(NC(=O)c2cccs2)c1)C(=O)O. The number of carboxylic acids is 1. The van der Waals surface area contributed by atoms with Crippen LogP contribution >= 0.6 is 11.3 Å². The fraction of sp³-hybridized carbons (Fsp3) is 0.350. The summed E-state index contributed by atoms with van der Waals surface area (Å²) in [6, 6.07) is 8.97. The average Bonchev–Trinajstić information content (AvgIpc) is 3.12. The van der Waals surface area contributed by atoms with Gasteiger partial charge in [0.25, 0.3) is 11.8 Å². The first-order chi connectivity index (χ1) is 12.7. The van der Waals surface area contributed by atoms with E-state index in [2.05, 4.69) is 10.6 Å². The number of amides is 2. The maximum Gasteiger partial charge on any atom is 0.326 e. The Labute approximate surface area is 162 Å². The van der Waals surface area contributed by atoms with E-state index in [1.807, 2.05) is 26.2 Å². The van der Waals surface area contributed by atoms with Crippen LogP contribution in [-0.4, -0.2) is 28.9 Å². The molecule has 1 aromatic heterocycles. The quantitative estimate of drug-likeness (QED) is 0.668. The Morgan fingerprint density at radius 2 is 1.85 bits per heavy atom. The fourth-order valence-electron chi connectivity index (χ4n) is 2.41. The van der Waals surface area contributed by atoms with Crippen LogP contribution in [0, 0.1) is 5.41 Å². The van der Waals surface area contributed by atoms with Gasteiger partial charge in [0.1, 0.15) is 6.04 Å². The molecule has 1 atom stereocenters. The molecule has 0 fully saturated rings. The van der Waals surface area contributed by atoms with Crippen LogP contribution in [0.4, 0.5) is 5.69 Å². The molecule has 0 radical (unpaired) electrons. The van der Waals surface area contributed by atoms with Crippen molar-refractivity contribution < 1.29 is 19.5 Å². The highest BCUT2D eigenvalue weighted by atomic mass is 32.1. The molecule has 0 aliphatic heterocycles. The van der Waals surface area contributed by atoms with E-state index in [1.165, 1.54) is 17.4 Å². The molecule has 1 unspecified atom stereocenters. The second kappa shape index (κ2) is 8.81. The molecule has 0 saturated carbocycles. The normalized spacial score (nSPS) is 12.3. The van der Waals surface area contributed by atoms with Gasteiger partial charge in [0.05, 0.1) is 4.88 Å². The molecule has 144 valence electrons. The van der Waals surface area contributed by atoms with Crippen LogP contribution in [0.1, 0.15) is 53.6 Å². The van der Waals surface area contributed by atoms with Crippen molar-refractivity contribution in [2.45, 2.75) is 39.7 Å². The van der Waals surface area contributed by atoms with Crippen molar-refractivity contribution in [2.75, 3.05) is 5.32 Å². The lowest BCUT2D eigenvalue weighted by Crippen LogP contribution is -2.41. The number of hydrogen-bond donors (Lipinski definition) is 3. The van der Waals surface area contributed by atoms with Gasteiger partial charge in [-0.3, -0.25) is 9.59 Å². The van der Waals surface area contributed by atoms with E-state index in [9.17, 15) is 19.5 Å². The van der Waals surface area contributed by atoms with Crippen LogP contribution in [0.25, 0.3) is 0 Å². The van der Waals surface area contributed by atoms with E-state index >= 15 is 0 Å². The summed E-state index contributed by atoms with van der Waals surface area (Å²) < 4.78 is 0. The lowest BCUT2D eigenvalue weighted by molar-refractivity contribution is -0.139. The molecule has 2 rings (SSSR count). The summed E-state index contributed by atoms with van der Waals surface area (Å²) >= 11 is 1.32. The Morgan fingerprint density at radius 3 is 2.44 bits per heavy atom. The molecule has 27 heavy (non-hydrogen) atoms. The number of carbonyl (C=O) groups excluding carboxylic acids is 2. The van der Waals surface area contributed by atoms with Gasteiger partial charge in [0.2, 0.25) is 0 Å². The zero-order chi connectivity index (χ0) is 20.0. The predicted molar refractivity (Wildman–Crippen MR) is 106 cm³/mol. The van der Waals surface area contributed by atoms with Gasteiger partial charge in [-0.05, 0) is 47.9 Å². The summed E-state index contributed by atoms with van der Waals surface area (Å²) in [5, 5.41) is 16.5. The van der Waals surface area contributed by atoms with E-state index in [0.717, 1.165) is 0 Å². The lowest BCUT2D eigenvalue weighted by Gasteiger charge is -2.21. The molecule has 0 spiro atoms. The van der Waals surface area contributed by atoms with E-state index in [4.69, 9.17) is 0 Å². The number of benzene rings is 1. The minimum Gasteiger partial charge on any atom is -0.480 e. The fourth-order valence-corrected chi connectivity index (χ4v) is 3.03. The van der Waals surface area contributed by atoms with E-state index in [1.54, 1.807) is 30.3 Å². The Kier molecular flexibility index (Phi) is 6.74. The first-order valence-electron chi connectivity index (χ1n) is 8.64. The Morgan fingerprint density at radius 1 is 1.11 bits per heavy atom. The smallest absolute Gasteiger partial charge is 0.326 e. The van der Waals surface area contributed by atoms with Gasteiger partial charge in [-0.15, -0.1) is 11.3 Å². The Hall–Kier alpha value is -2.67. The van der Waals surface area contributed by atoms with Crippen LogP contribution in [0.2, 0.25) is 0 Å². The molecule has 0 bridgehead atoms. The number of hydrogen-bond acceptors (Lipinski definition) is 4. The summed E-state index contributed by atoms with van der Waals surface area (Å²) in [7, 11) is 0. The number of anilines is 1. The van der Waals surface area contributed by atoms with E-state index in [-0.39, 0.29) is 11.3 Å². The van der Waals surface area contributed by atoms with Crippen LogP contribution in [-0.2, 0) is 4.79 Å². The summed E-state index contributed by atoms with van der Waals surface area (Å²) in [5.41, 5.74) is 0.744. The highest BCUT2D eigenvalue weighted by Gasteiger charge is 2.23. The van der Waals surface area contributed by atoms with E-state index < -0.39 is 17.9 Å². The molecule has 0 aliphatic carbocycles. The molecule has 3 N–H and O–H groups in total. The molecular weight excluding hydrogens is 364 g/mol. The van der Waals surface area contributed by atoms with Gasteiger partial charge < -0.3 is 15.7 Å². The second-order valence-electron chi connectivity index (χ2n) is 7.48. The lowest BCUT2D eigenvalue weighted by atomic mass is 9.88. The number of nitrogens with one attached hydrogen (secondary N) is 2. The minimum atomic E-state index is -1.06. The van der Waals surface area contributed by atoms with Gasteiger partial charge in [-0.1, -0.05) is 32.9 Å². The third-order valence-corrected chi connectivity index (χ3v) is 4.78. The molecule has 2 aromatic rings. The molecular formula is C20H24N2O4S. The Balaban J connectivity index is 2.04. The molecule has 6 nitrogen and oxygen atoms in total. The number of rotatable bonds is 7. The van der Waals surface area contributed by atoms with Gasteiger partial charge in [-0.25, -0.2) is 4.79 Å². The molecule has 1 aromatic carbocycles. The molecule has 0 saturated heterocycles.